The number of aryl methyl sites for hydroxylation is 2. The Kier molecular flexibility index (Phi) is 4.07. The minimum absolute atomic E-state index is 0.438. The van der Waals surface area contributed by atoms with Crippen molar-refractivity contribution in [1.29, 1.82) is 0 Å². The lowest BCUT2D eigenvalue weighted by molar-refractivity contribution is 0.131. The van der Waals surface area contributed by atoms with E-state index in [0.29, 0.717) is 6.10 Å². The average Bonchev–Trinajstić information content (AvgIpc) is 2.89. The van der Waals surface area contributed by atoms with Gasteiger partial charge in [-0.3, -0.25) is 0 Å². The molecule has 0 unspecified atom stereocenters. The molecule has 0 bridgehead atoms. The van der Waals surface area contributed by atoms with Crippen LogP contribution in [0.5, 0.6) is 5.75 Å². The summed E-state index contributed by atoms with van der Waals surface area (Å²) in [7, 11) is 2.05. The van der Waals surface area contributed by atoms with E-state index in [0.717, 1.165) is 18.2 Å². The van der Waals surface area contributed by atoms with E-state index in [4.69, 9.17) is 4.74 Å². The van der Waals surface area contributed by atoms with Gasteiger partial charge in [-0.05, 0) is 87.7 Å². The van der Waals surface area contributed by atoms with Crippen molar-refractivity contribution in [3.05, 3.63) is 29.3 Å². The van der Waals surface area contributed by atoms with Gasteiger partial charge in [-0.15, -0.1) is 0 Å². The normalized spacial score (nSPS) is 26.2. The molecule has 2 heteroatoms. The van der Waals surface area contributed by atoms with Crippen LogP contribution in [0, 0.1) is 5.92 Å². The van der Waals surface area contributed by atoms with Crippen molar-refractivity contribution in [3.63, 3.8) is 0 Å². The molecule has 1 fully saturated rings. The number of rotatable bonds is 4. The monoisotopic (exact) mass is 259 g/mol. The van der Waals surface area contributed by atoms with Crippen LogP contribution in [0.25, 0.3) is 0 Å². The summed E-state index contributed by atoms with van der Waals surface area (Å²) >= 11 is 0. The molecule has 19 heavy (non-hydrogen) atoms. The second-order valence-corrected chi connectivity index (χ2v) is 6.10. The minimum Gasteiger partial charge on any atom is -0.490 e. The highest BCUT2D eigenvalue weighted by molar-refractivity contribution is 5.38. The summed E-state index contributed by atoms with van der Waals surface area (Å²) in [6.45, 7) is 1.16. The van der Waals surface area contributed by atoms with Crippen LogP contribution in [-0.4, -0.2) is 19.7 Å². The summed E-state index contributed by atoms with van der Waals surface area (Å²) in [6.07, 6.45) is 9.27. The van der Waals surface area contributed by atoms with E-state index in [2.05, 4.69) is 23.5 Å². The topological polar surface area (TPSA) is 21.3 Å². The number of hydrogen-bond donors (Lipinski definition) is 1. The van der Waals surface area contributed by atoms with Gasteiger partial charge >= 0.3 is 0 Å². The Morgan fingerprint density at radius 2 is 1.89 bits per heavy atom. The highest BCUT2D eigenvalue weighted by Gasteiger charge is 2.22. The van der Waals surface area contributed by atoms with Gasteiger partial charge in [0.1, 0.15) is 5.75 Å². The summed E-state index contributed by atoms with van der Waals surface area (Å²) in [5, 5.41) is 3.29. The fourth-order valence-electron chi connectivity index (χ4n) is 3.56. The zero-order valence-corrected chi connectivity index (χ0v) is 12.0. The molecule has 2 nitrogen and oxygen atoms in total. The molecule has 0 amide bonds. The van der Waals surface area contributed by atoms with Crippen LogP contribution in [0.1, 0.15) is 43.2 Å². The Balaban J connectivity index is 1.55. The lowest BCUT2D eigenvalue weighted by Gasteiger charge is -2.29. The first-order valence-electron chi connectivity index (χ1n) is 7.78. The first-order chi connectivity index (χ1) is 9.35. The molecule has 0 aliphatic heterocycles. The Hall–Kier alpha value is -1.02. The van der Waals surface area contributed by atoms with Crippen LogP contribution in [-0.2, 0) is 12.8 Å². The van der Waals surface area contributed by atoms with Crippen molar-refractivity contribution in [2.45, 2.75) is 51.0 Å². The van der Waals surface area contributed by atoms with E-state index >= 15 is 0 Å². The van der Waals surface area contributed by atoms with Gasteiger partial charge in [0.25, 0.3) is 0 Å². The van der Waals surface area contributed by atoms with Gasteiger partial charge in [-0.2, -0.15) is 0 Å². The van der Waals surface area contributed by atoms with Gasteiger partial charge in [0.05, 0.1) is 6.10 Å². The first-order valence-corrected chi connectivity index (χ1v) is 7.78. The molecule has 0 saturated heterocycles. The summed E-state index contributed by atoms with van der Waals surface area (Å²) in [5.74, 6) is 1.95. The van der Waals surface area contributed by atoms with Crippen LogP contribution in [0.15, 0.2) is 18.2 Å². The molecule has 1 N–H and O–H groups in total. The molecule has 0 radical (unpaired) electrons. The standard InChI is InChI=1S/C17H25NO/c1-18-12-13-5-8-16(9-6-13)19-17-10-7-14-3-2-4-15(14)11-17/h7,10-11,13,16,18H,2-6,8-9,12H2,1H3. The second kappa shape index (κ2) is 5.96. The van der Waals surface area contributed by atoms with Gasteiger partial charge in [-0.25, -0.2) is 0 Å². The molecule has 1 aromatic rings. The lowest BCUT2D eigenvalue weighted by Crippen LogP contribution is -2.28. The second-order valence-electron chi connectivity index (χ2n) is 6.10. The predicted octanol–water partition coefficient (Wildman–Crippen LogP) is 3.33. The molecule has 0 spiro atoms. The van der Waals surface area contributed by atoms with Crippen LogP contribution in [0.3, 0.4) is 0 Å². The third-order valence-corrected chi connectivity index (χ3v) is 4.66. The van der Waals surface area contributed by atoms with Gasteiger partial charge in [0.2, 0.25) is 0 Å². The third kappa shape index (κ3) is 3.11. The molecule has 3 rings (SSSR count). The molecule has 104 valence electrons. The van der Waals surface area contributed by atoms with Crippen molar-refractivity contribution in [1.82, 2.24) is 5.32 Å². The summed E-state index contributed by atoms with van der Waals surface area (Å²) in [4.78, 5) is 0. The van der Waals surface area contributed by atoms with E-state index in [1.54, 1.807) is 0 Å². The average molecular weight is 259 g/mol. The van der Waals surface area contributed by atoms with Crippen molar-refractivity contribution < 1.29 is 4.74 Å². The zero-order chi connectivity index (χ0) is 13.1. The van der Waals surface area contributed by atoms with E-state index in [-0.39, 0.29) is 0 Å². The van der Waals surface area contributed by atoms with Crippen molar-refractivity contribution in [2.24, 2.45) is 5.92 Å². The predicted molar refractivity (Wildman–Crippen MR) is 78.8 cm³/mol. The summed E-state index contributed by atoms with van der Waals surface area (Å²) in [5.41, 5.74) is 3.05. The SMILES string of the molecule is CNCC1CCC(Oc2ccc3c(c2)CCC3)CC1. The van der Waals surface area contributed by atoms with E-state index < -0.39 is 0 Å². The molecule has 1 saturated carbocycles. The number of fused-ring (bicyclic) bond motifs is 1. The van der Waals surface area contributed by atoms with E-state index in [1.165, 1.54) is 56.1 Å². The highest BCUT2D eigenvalue weighted by atomic mass is 16.5. The summed E-state index contributed by atoms with van der Waals surface area (Å²) < 4.78 is 6.19. The van der Waals surface area contributed by atoms with Crippen molar-refractivity contribution in [2.75, 3.05) is 13.6 Å². The largest absolute Gasteiger partial charge is 0.490 e. The van der Waals surface area contributed by atoms with E-state index in [9.17, 15) is 0 Å². The van der Waals surface area contributed by atoms with Crippen LogP contribution >= 0.6 is 0 Å². The lowest BCUT2D eigenvalue weighted by atomic mass is 9.87. The third-order valence-electron chi connectivity index (χ3n) is 4.66. The molecule has 0 aromatic heterocycles. The quantitative estimate of drug-likeness (QED) is 0.895. The van der Waals surface area contributed by atoms with Crippen molar-refractivity contribution >= 4 is 0 Å². The number of nitrogens with one attached hydrogen (secondary N) is 1. The maximum Gasteiger partial charge on any atom is 0.120 e. The Morgan fingerprint density at radius 3 is 2.68 bits per heavy atom. The maximum atomic E-state index is 6.19. The Morgan fingerprint density at radius 1 is 1.11 bits per heavy atom. The van der Waals surface area contributed by atoms with Crippen LogP contribution in [0.4, 0.5) is 0 Å². The maximum absolute atomic E-state index is 6.19. The Labute approximate surface area is 116 Å². The van der Waals surface area contributed by atoms with Crippen molar-refractivity contribution in [3.8, 4) is 5.75 Å². The smallest absolute Gasteiger partial charge is 0.120 e. The molecule has 0 heterocycles. The fourth-order valence-corrected chi connectivity index (χ4v) is 3.56. The molecule has 2 aliphatic carbocycles. The minimum atomic E-state index is 0.438. The van der Waals surface area contributed by atoms with Gasteiger partial charge < -0.3 is 10.1 Å². The fraction of sp³-hybridized carbons (Fsp3) is 0.647. The number of hydrogen-bond acceptors (Lipinski definition) is 2. The molecular weight excluding hydrogens is 234 g/mol. The van der Waals surface area contributed by atoms with Gasteiger partial charge in [-0.1, -0.05) is 6.07 Å². The molecule has 2 aliphatic rings. The highest BCUT2D eigenvalue weighted by Crippen LogP contribution is 2.30. The van der Waals surface area contributed by atoms with Gasteiger partial charge in [0, 0.05) is 0 Å². The number of ether oxygens (including phenoxy) is 1. The van der Waals surface area contributed by atoms with Crippen LogP contribution < -0.4 is 10.1 Å². The number of benzene rings is 1. The molecular formula is C17H25NO. The van der Waals surface area contributed by atoms with Crippen LogP contribution in [0.2, 0.25) is 0 Å². The Bertz CT molecular complexity index is 421. The van der Waals surface area contributed by atoms with E-state index in [1.807, 2.05) is 7.05 Å². The molecule has 0 atom stereocenters. The summed E-state index contributed by atoms with van der Waals surface area (Å²) in [6, 6.07) is 6.72. The first kappa shape index (κ1) is 13.0. The molecule has 1 aromatic carbocycles. The zero-order valence-electron chi connectivity index (χ0n) is 12.0. The van der Waals surface area contributed by atoms with Gasteiger partial charge in [0.15, 0.2) is 0 Å².